The van der Waals surface area contributed by atoms with Crippen LogP contribution in [-0.4, -0.2) is 24.3 Å². The van der Waals surface area contributed by atoms with E-state index in [4.69, 9.17) is 0 Å². The maximum Gasteiger partial charge on any atom is 0.269 e. The van der Waals surface area contributed by atoms with Crippen LogP contribution in [0.2, 0.25) is 0 Å². The molecule has 8 heteroatoms. The van der Waals surface area contributed by atoms with Crippen molar-refractivity contribution >= 4 is 27.0 Å². The van der Waals surface area contributed by atoms with Gasteiger partial charge in [-0.2, -0.15) is 9.78 Å². The highest BCUT2D eigenvalue weighted by atomic mass is 79.9. The van der Waals surface area contributed by atoms with E-state index in [2.05, 4.69) is 31.0 Å². The smallest absolute Gasteiger partial charge is 0.268 e. The lowest BCUT2D eigenvalue weighted by Crippen LogP contribution is -2.22. The normalized spacial score (nSPS) is 11.1. The van der Waals surface area contributed by atoms with Gasteiger partial charge in [-0.3, -0.25) is 9.36 Å². The van der Waals surface area contributed by atoms with Gasteiger partial charge in [-0.1, -0.05) is 34.1 Å². The van der Waals surface area contributed by atoms with E-state index in [1.54, 1.807) is 48.7 Å². The molecule has 3 heterocycles. The van der Waals surface area contributed by atoms with Crippen LogP contribution in [0, 0.1) is 5.82 Å². The fourth-order valence-electron chi connectivity index (χ4n) is 3.27. The molecule has 30 heavy (non-hydrogen) atoms. The number of aromatic nitrogens is 5. The average Bonchev–Trinajstić information content (AvgIpc) is 3.20. The van der Waals surface area contributed by atoms with E-state index in [9.17, 15) is 9.18 Å². The summed E-state index contributed by atoms with van der Waals surface area (Å²) in [6.45, 7) is 0. The summed E-state index contributed by atoms with van der Waals surface area (Å²) in [4.78, 5) is 22.4. The van der Waals surface area contributed by atoms with Gasteiger partial charge >= 0.3 is 0 Å². The van der Waals surface area contributed by atoms with Gasteiger partial charge in [0.05, 0.1) is 17.4 Å². The van der Waals surface area contributed by atoms with Crippen molar-refractivity contribution in [1.29, 1.82) is 0 Å². The van der Waals surface area contributed by atoms with Crippen molar-refractivity contribution in [3.63, 3.8) is 0 Å². The molecule has 0 bridgehead atoms. The topological polar surface area (TPSA) is 65.6 Å². The molecule has 0 radical (unpaired) electrons. The predicted molar refractivity (Wildman–Crippen MR) is 115 cm³/mol. The Hall–Kier alpha value is -3.65. The Labute approximate surface area is 178 Å². The second-order valence-corrected chi connectivity index (χ2v) is 7.43. The molecule has 6 nitrogen and oxygen atoms in total. The zero-order valence-electron chi connectivity index (χ0n) is 15.4. The number of hydrogen-bond donors (Lipinski definition) is 0. The fraction of sp³-hybridized carbons (Fsp3) is 0. The van der Waals surface area contributed by atoms with Gasteiger partial charge in [0.1, 0.15) is 11.2 Å². The number of rotatable bonds is 3. The van der Waals surface area contributed by atoms with Crippen LogP contribution in [0.1, 0.15) is 0 Å². The van der Waals surface area contributed by atoms with Crippen molar-refractivity contribution < 1.29 is 4.39 Å². The Morgan fingerprint density at radius 2 is 1.70 bits per heavy atom. The number of pyridine rings is 1. The van der Waals surface area contributed by atoms with E-state index in [0.717, 1.165) is 4.47 Å². The average molecular weight is 462 g/mol. The van der Waals surface area contributed by atoms with Gasteiger partial charge in [-0.15, -0.1) is 0 Å². The molecule has 0 unspecified atom stereocenters. The van der Waals surface area contributed by atoms with Crippen LogP contribution in [0.4, 0.5) is 4.39 Å². The Kier molecular flexibility index (Phi) is 4.48. The van der Waals surface area contributed by atoms with Crippen molar-refractivity contribution in [3.05, 3.63) is 99.8 Å². The highest BCUT2D eigenvalue weighted by molar-refractivity contribution is 9.10. The van der Waals surface area contributed by atoms with E-state index in [1.165, 1.54) is 21.5 Å². The largest absolute Gasteiger partial charge is 0.269 e. The van der Waals surface area contributed by atoms with Gasteiger partial charge in [-0.25, -0.2) is 14.4 Å². The lowest BCUT2D eigenvalue weighted by atomic mass is 10.1. The van der Waals surface area contributed by atoms with Crippen LogP contribution >= 0.6 is 15.9 Å². The monoisotopic (exact) mass is 461 g/mol. The third kappa shape index (κ3) is 3.02. The predicted octanol–water partition coefficient (Wildman–Crippen LogP) is 4.54. The van der Waals surface area contributed by atoms with Gasteiger partial charge in [0.15, 0.2) is 17.3 Å². The molecule has 0 atom stereocenters. The molecule has 0 aliphatic rings. The first-order chi connectivity index (χ1) is 14.6. The standard InChI is InChI=1S/C22H13BrFN5O/c23-14-8-10-15(11-9-14)28-20(16-5-1-2-6-18(16)24)27-21-17(22(28)30)13-26-29(21)19-7-3-4-12-25-19/h1-13H. The van der Waals surface area contributed by atoms with Gasteiger partial charge in [0.25, 0.3) is 5.56 Å². The highest BCUT2D eigenvalue weighted by Crippen LogP contribution is 2.25. The van der Waals surface area contributed by atoms with E-state index in [0.29, 0.717) is 22.5 Å². The molecule has 5 rings (SSSR count). The number of benzene rings is 2. The second-order valence-electron chi connectivity index (χ2n) is 6.51. The van der Waals surface area contributed by atoms with Gasteiger partial charge in [0.2, 0.25) is 0 Å². The van der Waals surface area contributed by atoms with Gasteiger partial charge in [0, 0.05) is 10.7 Å². The maximum atomic E-state index is 14.7. The van der Waals surface area contributed by atoms with Crippen molar-refractivity contribution in [1.82, 2.24) is 24.3 Å². The Balaban J connectivity index is 1.88. The first-order valence-electron chi connectivity index (χ1n) is 9.06. The van der Waals surface area contributed by atoms with Crippen molar-refractivity contribution in [3.8, 4) is 22.9 Å². The first-order valence-corrected chi connectivity index (χ1v) is 9.86. The first kappa shape index (κ1) is 18.4. The molecule has 2 aromatic carbocycles. The van der Waals surface area contributed by atoms with Crippen LogP contribution in [-0.2, 0) is 0 Å². The van der Waals surface area contributed by atoms with Gasteiger partial charge in [-0.05, 0) is 48.5 Å². The molecule has 0 spiro atoms. The van der Waals surface area contributed by atoms with Gasteiger partial charge < -0.3 is 0 Å². The molecular weight excluding hydrogens is 449 g/mol. The minimum Gasteiger partial charge on any atom is -0.268 e. The highest BCUT2D eigenvalue weighted by Gasteiger charge is 2.20. The maximum absolute atomic E-state index is 14.7. The molecule has 0 saturated carbocycles. The molecule has 0 fully saturated rings. The van der Waals surface area contributed by atoms with E-state index >= 15 is 0 Å². The summed E-state index contributed by atoms with van der Waals surface area (Å²) in [6, 6.07) is 18.8. The number of hydrogen-bond acceptors (Lipinski definition) is 4. The van der Waals surface area contributed by atoms with Crippen molar-refractivity contribution in [2.75, 3.05) is 0 Å². The van der Waals surface area contributed by atoms with E-state index < -0.39 is 5.82 Å². The summed E-state index contributed by atoms with van der Waals surface area (Å²) in [7, 11) is 0. The number of nitrogens with zero attached hydrogens (tertiary/aromatic N) is 5. The summed E-state index contributed by atoms with van der Waals surface area (Å²) >= 11 is 3.40. The van der Waals surface area contributed by atoms with Crippen molar-refractivity contribution in [2.24, 2.45) is 0 Å². The summed E-state index contributed by atoms with van der Waals surface area (Å²) in [5.74, 6) is 0.226. The number of halogens is 2. The zero-order chi connectivity index (χ0) is 20.7. The molecule has 0 aliphatic carbocycles. The Bertz CT molecular complexity index is 1430. The minimum atomic E-state index is -0.474. The number of fused-ring (bicyclic) bond motifs is 1. The molecular formula is C22H13BrFN5O. The van der Waals surface area contributed by atoms with Crippen LogP contribution in [0.5, 0.6) is 0 Å². The minimum absolute atomic E-state index is 0.186. The Morgan fingerprint density at radius 1 is 0.933 bits per heavy atom. The summed E-state index contributed by atoms with van der Waals surface area (Å²) < 4.78 is 18.5. The van der Waals surface area contributed by atoms with Crippen LogP contribution in [0.25, 0.3) is 33.9 Å². The molecule has 3 aromatic heterocycles. The Morgan fingerprint density at radius 3 is 2.43 bits per heavy atom. The SMILES string of the molecule is O=c1c2cnn(-c3ccccn3)c2nc(-c2ccccc2F)n1-c1ccc(Br)cc1. The van der Waals surface area contributed by atoms with E-state index in [1.807, 2.05) is 18.2 Å². The molecule has 5 aromatic rings. The van der Waals surface area contributed by atoms with Crippen LogP contribution in [0.15, 0.2) is 88.4 Å². The zero-order valence-corrected chi connectivity index (χ0v) is 17.0. The second kappa shape index (κ2) is 7.31. The van der Waals surface area contributed by atoms with Crippen molar-refractivity contribution in [2.45, 2.75) is 0 Å². The fourth-order valence-corrected chi connectivity index (χ4v) is 3.53. The quantitative estimate of drug-likeness (QED) is 0.395. The summed E-state index contributed by atoms with van der Waals surface area (Å²) in [6.07, 6.45) is 3.09. The lowest BCUT2D eigenvalue weighted by Gasteiger charge is -2.14. The molecule has 0 saturated heterocycles. The summed E-state index contributed by atoms with van der Waals surface area (Å²) in [5.41, 5.74) is 0.753. The van der Waals surface area contributed by atoms with E-state index in [-0.39, 0.29) is 16.9 Å². The third-order valence-corrected chi connectivity index (χ3v) is 5.20. The molecule has 146 valence electrons. The van der Waals surface area contributed by atoms with Crippen LogP contribution in [0.3, 0.4) is 0 Å². The summed E-state index contributed by atoms with van der Waals surface area (Å²) in [5, 5.41) is 4.62. The molecule has 0 aliphatic heterocycles. The van der Waals surface area contributed by atoms with Crippen LogP contribution < -0.4 is 5.56 Å². The molecule has 0 N–H and O–H groups in total. The third-order valence-electron chi connectivity index (χ3n) is 4.67. The molecule has 0 amide bonds. The lowest BCUT2D eigenvalue weighted by molar-refractivity contribution is 0.629.